The summed E-state index contributed by atoms with van der Waals surface area (Å²) >= 11 is 3.80. The van der Waals surface area contributed by atoms with E-state index in [1.165, 1.54) is 26.6 Å². The summed E-state index contributed by atoms with van der Waals surface area (Å²) in [6.07, 6.45) is 1.09. The third kappa shape index (κ3) is 2.30. The molecule has 1 saturated heterocycles. The van der Waals surface area contributed by atoms with E-state index in [1.54, 1.807) is 0 Å². The molecule has 1 N–H and O–H groups in total. The van der Waals surface area contributed by atoms with E-state index in [1.807, 2.05) is 0 Å². The molecule has 0 spiro atoms. The second-order valence-corrected chi connectivity index (χ2v) is 6.59. The molecular weight excluding hydrogens is 314 g/mol. The number of nitrogens with zero attached hydrogens (tertiary/aromatic N) is 2. The number of aromatic nitrogens is 1. The molecule has 1 atom stereocenters. The Bertz CT molecular complexity index is 632. The van der Waals surface area contributed by atoms with Gasteiger partial charge in [-0.25, -0.2) is 0 Å². The third-order valence-electron chi connectivity index (χ3n) is 4.53. The van der Waals surface area contributed by atoms with E-state index in [0.29, 0.717) is 6.04 Å². The summed E-state index contributed by atoms with van der Waals surface area (Å²) in [7, 11) is 4.38. The van der Waals surface area contributed by atoms with Crippen molar-refractivity contribution in [2.45, 2.75) is 19.4 Å². The summed E-state index contributed by atoms with van der Waals surface area (Å²) < 4.78 is 3.50. The minimum absolute atomic E-state index is 0.575. The lowest BCUT2D eigenvalue weighted by atomic mass is 10.0. The van der Waals surface area contributed by atoms with Crippen LogP contribution in [0.25, 0.3) is 10.9 Å². The molecule has 3 rings (SSSR count). The van der Waals surface area contributed by atoms with Gasteiger partial charge in [-0.15, -0.1) is 0 Å². The van der Waals surface area contributed by atoms with Gasteiger partial charge in [-0.2, -0.15) is 0 Å². The maximum Gasteiger partial charge on any atom is 0.0887 e. The van der Waals surface area contributed by atoms with Crippen molar-refractivity contribution in [1.82, 2.24) is 14.8 Å². The van der Waals surface area contributed by atoms with Crippen molar-refractivity contribution < 1.29 is 0 Å². The molecule has 3 nitrogen and oxygen atoms in total. The van der Waals surface area contributed by atoms with Gasteiger partial charge in [0.1, 0.15) is 0 Å². The first kappa shape index (κ1) is 14.1. The van der Waals surface area contributed by atoms with Crippen molar-refractivity contribution in [2.75, 3.05) is 26.7 Å². The molecule has 0 saturated carbocycles. The predicted molar refractivity (Wildman–Crippen MR) is 88.3 cm³/mol. The van der Waals surface area contributed by atoms with Gasteiger partial charge in [-0.3, -0.25) is 0 Å². The first-order valence-electron chi connectivity index (χ1n) is 7.23. The van der Waals surface area contributed by atoms with E-state index in [4.69, 9.17) is 0 Å². The average Bonchev–Trinajstić information content (AvgIpc) is 2.67. The summed E-state index contributed by atoms with van der Waals surface area (Å²) in [4.78, 5) is 2.47. The van der Waals surface area contributed by atoms with Crippen LogP contribution in [0, 0.1) is 6.92 Å². The Morgan fingerprint density at radius 3 is 2.90 bits per heavy atom. The number of hydrogen-bond acceptors (Lipinski definition) is 2. The average molecular weight is 336 g/mol. The van der Waals surface area contributed by atoms with E-state index in [2.05, 4.69) is 69.9 Å². The van der Waals surface area contributed by atoms with Gasteiger partial charge < -0.3 is 14.8 Å². The fourth-order valence-corrected chi connectivity index (χ4v) is 3.83. The van der Waals surface area contributed by atoms with Gasteiger partial charge in [0.05, 0.1) is 10.1 Å². The molecule has 1 aliphatic rings. The van der Waals surface area contributed by atoms with Crippen LogP contribution in [0.15, 0.2) is 22.8 Å². The number of fused-ring (bicyclic) bond motifs is 1. The van der Waals surface area contributed by atoms with E-state index in [-0.39, 0.29) is 0 Å². The molecule has 0 bridgehead atoms. The quantitative estimate of drug-likeness (QED) is 0.910. The van der Waals surface area contributed by atoms with Gasteiger partial charge in [0.15, 0.2) is 0 Å². The molecule has 20 heavy (non-hydrogen) atoms. The first-order chi connectivity index (χ1) is 9.59. The Balaban J connectivity index is 2.03. The first-order valence-corrected chi connectivity index (χ1v) is 8.02. The van der Waals surface area contributed by atoms with Crippen molar-refractivity contribution in [1.29, 1.82) is 0 Å². The number of para-hydroxylation sites is 1. The van der Waals surface area contributed by atoms with Crippen molar-refractivity contribution in [2.24, 2.45) is 7.05 Å². The van der Waals surface area contributed by atoms with E-state index in [0.717, 1.165) is 26.1 Å². The SMILES string of the molecule is Cc1cccc2c(CC3CNCCN3C)c(Br)n(C)c12. The fraction of sp³-hybridized carbons (Fsp3) is 0.500. The van der Waals surface area contributed by atoms with Crippen LogP contribution in [0.3, 0.4) is 0 Å². The third-order valence-corrected chi connectivity index (χ3v) is 5.54. The molecule has 1 aromatic carbocycles. The zero-order chi connectivity index (χ0) is 14.3. The van der Waals surface area contributed by atoms with Crippen LogP contribution in [0.1, 0.15) is 11.1 Å². The Labute approximate surface area is 129 Å². The van der Waals surface area contributed by atoms with Gasteiger partial charge in [0.25, 0.3) is 0 Å². The van der Waals surface area contributed by atoms with Crippen LogP contribution in [0.2, 0.25) is 0 Å². The normalized spacial score (nSPS) is 20.7. The largest absolute Gasteiger partial charge is 0.338 e. The lowest BCUT2D eigenvalue weighted by molar-refractivity contribution is 0.199. The predicted octanol–water partition coefficient (Wildman–Crippen LogP) is 2.70. The van der Waals surface area contributed by atoms with Crippen LogP contribution in [-0.4, -0.2) is 42.2 Å². The monoisotopic (exact) mass is 335 g/mol. The Kier molecular flexibility index (Phi) is 3.89. The highest BCUT2D eigenvalue weighted by molar-refractivity contribution is 9.10. The van der Waals surface area contributed by atoms with Gasteiger partial charge in [-0.1, -0.05) is 18.2 Å². The smallest absolute Gasteiger partial charge is 0.0887 e. The molecule has 1 aromatic heterocycles. The number of aryl methyl sites for hydroxylation is 2. The highest BCUT2D eigenvalue weighted by atomic mass is 79.9. The number of nitrogens with one attached hydrogen (secondary N) is 1. The molecule has 0 aliphatic carbocycles. The topological polar surface area (TPSA) is 20.2 Å². The molecule has 1 unspecified atom stereocenters. The highest BCUT2D eigenvalue weighted by Gasteiger charge is 2.23. The number of benzene rings is 1. The minimum atomic E-state index is 0.575. The van der Waals surface area contributed by atoms with Crippen molar-refractivity contribution in [3.8, 4) is 0 Å². The lowest BCUT2D eigenvalue weighted by Crippen LogP contribution is -2.50. The molecule has 1 fully saturated rings. The number of halogens is 1. The second-order valence-electron chi connectivity index (χ2n) is 5.84. The number of piperazine rings is 1. The Hall–Kier alpha value is -0.840. The Morgan fingerprint density at radius 1 is 1.35 bits per heavy atom. The van der Waals surface area contributed by atoms with E-state index >= 15 is 0 Å². The Morgan fingerprint density at radius 2 is 2.15 bits per heavy atom. The van der Waals surface area contributed by atoms with Crippen LogP contribution in [0.5, 0.6) is 0 Å². The van der Waals surface area contributed by atoms with E-state index < -0.39 is 0 Å². The molecule has 0 radical (unpaired) electrons. The molecule has 2 heterocycles. The summed E-state index contributed by atoms with van der Waals surface area (Å²) in [6.45, 7) is 5.49. The summed E-state index contributed by atoms with van der Waals surface area (Å²) in [5.74, 6) is 0. The van der Waals surface area contributed by atoms with Crippen molar-refractivity contribution in [3.05, 3.63) is 33.9 Å². The van der Waals surface area contributed by atoms with Crippen LogP contribution < -0.4 is 5.32 Å². The number of rotatable bonds is 2. The molecule has 1 aliphatic heterocycles. The van der Waals surface area contributed by atoms with Gasteiger partial charge >= 0.3 is 0 Å². The molecule has 0 amide bonds. The molecule has 4 heteroatoms. The summed E-state index contributed by atoms with van der Waals surface area (Å²) in [5.41, 5.74) is 4.12. The zero-order valence-electron chi connectivity index (χ0n) is 12.4. The number of likely N-dealkylation sites (N-methyl/N-ethyl adjacent to an activating group) is 1. The lowest BCUT2D eigenvalue weighted by Gasteiger charge is -2.33. The molecule has 2 aromatic rings. The van der Waals surface area contributed by atoms with Gasteiger partial charge in [0, 0.05) is 38.1 Å². The van der Waals surface area contributed by atoms with Gasteiger partial charge in [-0.05, 0) is 47.4 Å². The zero-order valence-corrected chi connectivity index (χ0v) is 14.0. The van der Waals surface area contributed by atoms with Crippen molar-refractivity contribution >= 4 is 26.8 Å². The summed E-state index contributed by atoms with van der Waals surface area (Å²) in [6, 6.07) is 7.17. The second kappa shape index (κ2) is 5.51. The fourth-order valence-electron chi connectivity index (χ4n) is 3.28. The van der Waals surface area contributed by atoms with Crippen LogP contribution >= 0.6 is 15.9 Å². The minimum Gasteiger partial charge on any atom is -0.338 e. The van der Waals surface area contributed by atoms with E-state index in [9.17, 15) is 0 Å². The molecule has 108 valence electrons. The molecular formula is C16H22BrN3. The maximum absolute atomic E-state index is 3.80. The number of hydrogen-bond donors (Lipinski definition) is 1. The van der Waals surface area contributed by atoms with Crippen LogP contribution in [0.4, 0.5) is 0 Å². The van der Waals surface area contributed by atoms with Gasteiger partial charge in [0.2, 0.25) is 0 Å². The summed E-state index contributed by atoms with van der Waals surface area (Å²) in [5, 5.41) is 4.89. The van der Waals surface area contributed by atoms with Crippen molar-refractivity contribution in [3.63, 3.8) is 0 Å². The van der Waals surface area contributed by atoms with Crippen LogP contribution in [-0.2, 0) is 13.5 Å². The highest BCUT2D eigenvalue weighted by Crippen LogP contribution is 2.32. The standard InChI is InChI=1S/C16H22BrN3/c1-11-5-4-6-13-14(16(17)20(3)15(11)13)9-12-10-18-7-8-19(12)2/h4-6,12,18H,7-10H2,1-3H3. The maximum atomic E-state index is 3.80.